The summed E-state index contributed by atoms with van der Waals surface area (Å²) in [7, 11) is 0. The molecule has 0 aromatic heterocycles. The van der Waals surface area contributed by atoms with E-state index in [1.807, 2.05) is 0 Å². The second-order valence-electron chi connectivity index (χ2n) is 4.98. The van der Waals surface area contributed by atoms with Gasteiger partial charge in [-0.15, -0.1) is 0 Å². The third-order valence-electron chi connectivity index (χ3n) is 3.64. The SMILES string of the molecule is OCCCC(NC1CCCC1)c1ccccc1. The summed E-state index contributed by atoms with van der Waals surface area (Å²) in [6.07, 6.45) is 7.24. The van der Waals surface area contributed by atoms with Gasteiger partial charge < -0.3 is 10.4 Å². The van der Waals surface area contributed by atoms with Crippen molar-refractivity contribution in [3.05, 3.63) is 35.9 Å². The topological polar surface area (TPSA) is 32.3 Å². The lowest BCUT2D eigenvalue weighted by molar-refractivity contribution is 0.271. The number of benzene rings is 1. The Labute approximate surface area is 104 Å². The molecule has 2 rings (SSSR count). The first-order valence-corrected chi connectivity index (χ1v) is 6.82. The molecular formula is C15H23NO. The van der Waals surface area contributed by atoms with E-state index in [4.69, 9.17) is 5.11 Å². The number of hydrogen-bond acceptors (Lipinski definition) is 2. The molecular weight excluding hydrogens is 210 g/mol. The van der Waals surface area contributed by atoms with Gasteiger partial charge in [-0.3, -0.25) is 0 Å². The van der Waals surface area contributed by atoms with Crippen LogP contribution in [0, 0.1) is 0 Å². The van der Waals surface area contributed by atoms with Crippen LogP contribution < -0.4 is 5.32 Å². The number of nitrogens with one attached hydrogen (secondary N) is 1. The van der Waals surface area contributed by atoms with Gasteiger partial charge in [0.05, 0.1) is 0 Å². The third-order valence-corrected chi connectivity index (χ3v) is 3.64. The number of aliphatic hydroxyl groups is 1. The van der Waals surface area contributed by atoms with Crippen LogP contribution >= 0.6 is 0 Å². The van der Waals surface area contributed by atoms with E-state index >= 15 is 0 Å². The molecule has 0 amide bonds. The molecule has 0 bridgehead atoms. The van der Waals surface area contributed by atoms with E-state index in [1.165, 1.54) is 31.2 Å². The molecule has 1 aromatic rings. The summed E-state index contributed by atoms with van der Waals surface area (Å²) >= 11 is 0. The molecule has 17 heavy (non-hydrogen) atoms. The molecule has 0 radical (unpaired) electrons. The van der Waals surface area contributed by atoms with Crippen LogP contribution in [0.5, 0.6) is 0 Å². The molecule has 2 N–H and O–H groups in total. The summed E-state index contributed by atoms with van der Waals surface area (Å²) in [5, 5.41) is 12.8. The van der Waals surface area contributed by atoms with E-state index in [9.17, 15) is 0 Å². The van der Waals surface area contributed by atoms with E-state index in [0.717, 1.165) is 12.8 Å². The van der Waals surface area contributed by atoms with Gasteiger partial charge in [-0.2, -0.15) is 0 Å². The first-order valence-electron chi connectivity index (χ1n) is 6.82. The van der Waals surface area contributed by atoms with Crippen LogP contribution in [0.3, 0.4) is 0 Å². The normalized spacial score (nSPS) is 18.4. The second kappa shape index (κ2) is 6.77. The average Bonchev–Trinajstić information content (AvgIpc) is 2.88. The lowest BCUT2D eigenvalue weighted by Gasteiger charge is -2.23. The Kier molecular flexibility index (Phi) is 5.02. The largest absolute Gasteiger partial charge is 0.396 e. The molecule has 1 atom stereocenters. The predicted molar refractivity (Wildman–Crippen MR) is 70.9 cm³/mol. The lowest BCUT2D eigenvalue weighted by atomic mass is 10.0. The molecule has 1 unspecified atom stereocenters. The molecule has 2 nitrogen and oxygen atoms in total. The lowest BCUT2D eigenvalue weighted by Crippen LogP contribution is -2.30. The van der Waals surface area contributed by atoms with Crippen molar-refractivity contribution in [3.8, 4) is 0 Å². The van der Waals surface area contributed by atoms with Gasteiger partial charge in [-0.25, -0.2) is 0 Å². The van der Waals surface area contributed by atoms with Gasteiger partial charge in [0.25, 0.3) is 0 Å². The maximum absolute atomic E-state index is 9.00. The van der Waals surface area contributed by atoms with Gasteiger partial charge in [0.1, 0.15) is 0 Å². The monoisotopic (exact) mass is 233 g/mol. The first kappa shape index (κ1) is 12.6. The Morgan fingerprint density at radius 3 is 2.53 bits per heavy atom. The van der Waals surface area contributed by atoms with Gasteiger partial charge in [0.2, 0.25) is 0 Å². The molecule has 1 fully saturated rings. The fourth-order valence-corrected chi connectivity index (χ4v) is 2.70. The molecule has 0 spiro atoms. The van der Waals surface area contributed by atoms with Crippen molar-refractivity contribution in [2.24, 2.45) is 0 Å². The fourth-order valence-electron chi connectivity index (χ4n) is 2.70. The molecule has 1 aromatic carbocycles. The van der Waals surface area contributed by atoms with Crippen LogP contribution in [0.2, 0.25) is 0 Å². The van der Waals surface area contributed by atoms with E-state index < -0.39 is 0 Å². The summed E-state index contributed by atoms with van der Waals surface area (Å²) in [4.78, 5) is 0. The Hall–Kier alpha value is -0.860. The average molecular weight is 233 g/mol. The smallest absolute Gasteiger partial charge is 0.0431 e. The standard InChI is InChI=1S/C15H23NO/c17-12-6-11-15(13-7-2-1-3-8-13)16-14-9-4-5-10-14/h1-3,7-8,14-17H,4-6,9-12H2. The molecule has 1 aliphatic rings. The Balaban J connectivity index is 1.97. The summed E-state index contributed by atoms with van der Waals surface area (Å²) in [6.45, 7) is 0.287. The van der Waals surface area contributed by atoms with E-state index in [1.54, 1.807) is 0 Å². The highest BCUT2D eigenvalue weighted by Crippen LogP contribution is 2.24. The summed E-state index contributed by atoms with van der Waals surface area (Å²) < 4.78 is 0. The van der Waals surface area contributed by atoms with E-state index in [-0.39, 0.29) is 6.61 Å². The minimum atomic E-state index is 0.287. The summed E-state index contributed by atoms with van der Waals surface area (Å²) in [5.74, 6) is 0. The second-order valence-corrected chi connectivity index (χ2v) is 4.98. The highest BCUT2D eigenvalue weighted by atomic mass is 16.2. The molecule has 1 saturated carbocycles. The van der Waals surface area contributed by atoms with Gasteiger partial charge >= 0.3 is 0 Å². The predicted octanol–water partition coefficient (Wildman–Crippen LogP) is 3.03. The van der Waals surface area contributed by atoms with Crippen molar-refractivity contribution in [2.45, 2.75) is 50.6 Å². The Morgan fingerprint density at radius 1 is 1.18 bits per heavy atom. The highest BCUT2D eigenvalue weighted by molar-refractivity contribution is 5.19. The zero-order valence-electron chi connectivity index (χ0n) is 10.4. The zero-order chi connectivity index (χ0) is 11.9. The Bertz CT molecular complexity index is 306. The number of rotatable bonds is 6. The molecule has 94 valence electrons. The van der Waals surface area contributed by atoms with Crippen molar-refractivity contribution in [3.63, 3.8) is 0 Å². The van der Waals surface area contributed by atoms with Crippen molar-refractivity contribution < 1.29 is 5.11 Å². The van der Waals surface area contributed by atoms with Crippen molar-refractivity contribution in [1.82, 2.24) is 5.32 Å². The van der Waals surface area contributed by atoms with Gasteiger partial charge in [-0.1, -0.05) is 43.2 Å². The van der Waals surface area contributed by atoms with E-state index in [2.05, 4.69) is 35.6 Å². The molecule has 2 heteroatoms. The molecule has 0 heterocycles. The summed E-state index contributed by atoms with van der Waals surface area (Å²) in [6, 6.07) is 11.7. The highest BCUT2D eigenvalue weighted by Gasteiger charge is 2.19. The number of aliphatic hydroxyl groups excluding tert-OH is 1. The molecule has 1 aliphatic carbocycles. The van der Waals surface area contributed by atoms with Crippen LogP contribution in [-0.4, -0.2) is 17.8 Å². The maximum Gasteiger partial charge on any atom is 0.0431 e. The number of hydrogen-bond donors (Lipinski definition) is 2. The maximum atomic E-state index is 9.00. The minimum absolute atomic E-state index is 0.287. The van der Waals surface area contributed by atoms with Crippen molar-refractivity contribution >= 4 is 0 Å². The molecule has 0 aliphatic heterocycles. The minimum Gasteiger partial charge on any atom is -0.396 e. The zero-order valence-corrected chi connectivity index (χ0v) is 10.4. The van der Waals surface area contributed by atoms with Crippen molar-refractivity contribution in [1.29, 1.82) is 0 Å². The quantitative estimate of drug-likeness (QED) is 0.791. The van der Waals surface area contributed by atoms with Crippen LogP contribution in [0.1, 0.15) is 50.1 Å². The summed E-state index contributed by atoms with van der Waals surface area (Å²) in [5.41, 5.74) is 1.35. The third kappa shape index (κ3) is 3.83. The Morgan fingerprint density at radius 2 is 1.88 bits per heavy atom. The van der Waals surface area contributed by atoms with Crippen LogP contribution in [0.25, 0.3) is 0 Å². The van der Waals surface area contributed by atoms with Crippen LogP contribution in [-0.2, 0) is 0 Å². The fraction of sp³-hybridized carbons (Fsp3) is 0.600. The van der Waals surface area contributed by atoms with Gasteiger partial charge in [0, 0.05) is 18.7 Å². The first-order chi connectivity index (χ1) is 8.40. The van der Waals surface area contributed by atoms with Gasteiger partial charge in [-0.05, 0) is 31.2 Å². The molecule has 0 saturated heterocycles. The van der Waals surface area contributed by atoms with E-state index in [0.29, 0.717) is 12.1 Å². The van der Waals surface area contributed by atoms with Crippen molar-refractivity contribution in [2.75, 3.05) is 6.61 Å². The van der Waals surface area contributed by atoms with Crippen LogP contribution in [0.4, 0.5) is 0 Å². The van der Waals surface area contributed by atoms with Gasteiger partial charge in [0.15, 0.2) is 0 Å². The van der Waals surface area contributed by atoms with Crippen LogP contribution in [0.15, 0.2) is 30.3 Å².